The Hall–Kier alpha value is -3.85. The van der Waals surface area contributed by atoms with E-state index in [2.05, 4.69) is 127 Å². The van der Waals surface area contributed by atoms with Crippen molar-refractivity contribution in [2.24, 2.45) is 0 Å². The largest absolute Gasteiger partial charge is 0.441 e. The topological polar surface area (TPSA) is 60.7 Å². The van der Waals surface area contributed by atoms with E-state index in [1.54, 1.807) is 6.07 Å². The molecule has 0 fully saturated rings. The third-order valence-corrected chi connectivity index (χ3v) is 12.2. The van der Waals surface area contributed by atoms with Crippen molar-refractivity contribution in [3.63, 3.8) is 0 Å². The average Bonchev–Trinajstić information content (AvgIpc) is 3.15. The van der Waals surface area contributed by atoms with E-state index in [0.717, 1.165) is 105 Å². The minimum atomic E-state index is -4.45. The number of rotatable bonds is 16. The quantitative estimate of drug-likeness (QED) is 0.0863. The summed E-state index contributed by atoms with van der Waals surface area (Å²) in [5, 5.41) is 5.31. The molecule has 6 aromatic carbocycles. The minimum absolute atomic E-state index is 0.193. The number of benzene rings is 6. The van der Waals surface area contributed by atoms with Crippen LogP contribution in [0.2, 0.25) is 0 Å². The summed E-state index contributed by atoms with van der Waals surface area (Å²) in [5.74, 6) is 0. The molecule has 3 N–H and O–H groups in total. The zero-order valence-corrected chi connectivity index (χ0v) is 35.3. The van der Waals surface area contributed by atoms with Crippen molar-refractivity contribution in [3.8, 4) is 33.4 Å². The lowest BCUT2D eigenvalue weighted by molar-refractivity contribution is 0.347. The van der Waals surface area contributed by atoms with Crippen LogP contribution in [0.25, 0.3) is 54.9 Å². The van der Waals surface area contributed by atoms with Crippen LogP contribution in [0.15, 0.2) is 84.9 Å². The summed E-state index contributed by atoms with van der Waals surface area (Å²) in [5.41, 5.74) is 15.1. The van der Waals surface area contributed by atoms with Crippen LogP contribution in [0.3, 0.4) is 0 Å². The molecule has 0 aliphatic rings. The summed E-state index contributed by atoms with van der Waals surface area (Å²) in [6.45, 7) is 15.6. The third-order valence-electron chi connectivity index (χ3n) is 11.2. The van der Waals surface area contributed by atoms with E-state index >= 15 is 0 Å². The van der Waals surface area contributed by atoms with Gasteiger partial charge in [-0.05, 0) is 147 Å². The molecule has 6 rings (SSSR count). The summed E-state index contributed by atoms with van der Waals surface area (Å²) in [6, 6.07) is 31.4. The maximum absolute atomic E-state index is 11.2. The Morgan fingerprint density at radius 1 is 0.418 bits per heavy atom. The number of hydrogen-bond donors (Lipinski definition) is 3. The molecule has 0 atom stereocenters. The SMILES string of the molecule is CCCc1cc(CCC)c2cc(-c3ccc([P+](O)(O)O)c(-c4ccc(C)cc4)c3-c3cc4c(CCC)cc(CCC)cc4cc3CCC)c(CCC)cc2c1. The van der Waals surface area contributed by atoms with E-state index < -0.39 is 7.94 Å². The van der Waals surface area contributed by atoms with Gasteiger partial charge >= 0.3 is 7.94 Å². The van der Waals surface area contributed by atoms with Gasteiger partial charge in [0.25, 0.3) is 0 Å². The van der Waals surface area contributed by atoms with Crippen LogP contribution >= 0.6 is 7.94 Å². The van der Waals surface area contributed by atoms with Gasteiger partial charge in [-0.25, -0.2) is 0 Å². The van der Waals surface area contributed by atoms with E-state index in [1.807, 2.05) is 0 Å². The summed E-state index contributed by atoms with van der Waals surface area (Å²) in [4.78, 5) is 33.7. The molecule has 0 amide bonds. The first kappa shape index (κ1) is 40.8. The van der Waals surface area contributed by atoms with Gasteiger partial charge in [-0.1, -0.05) is 146 Å². The van der Waals surface area contributed by atoms with Crippen molar-refractivity contribution in [2.75, 3.05) is 0 Å². The molecule has 0 aliphatic carbocycles. The van der Waals surface area contributed by atoms with Gasteiger partial charge in [0, 0.05) is 11.1 Å². The van der Waals surface area contributed by atoms with Crippen molar-refractivity contribution in [1.82, 2.24) is 0 Å². The zero-order chi connectivity index (χ0) is 39.3. The smallest absolute Gasteiger partial charge is 0.189 e. The first-order valence-corrected chi connectivity index (χ1v) is 22.7. The van der Waals surface area contributed by atoms with E-state index in [9.17, 15) is 14.7 Å². The Morgan fingerprint density at radius 3 is 1.35 bits per heavy atom. The summed E-state index contributed by atoms with van der Waals surface area (Å²) >= 11 is 0. The first-order valence-electron chi connectivity index (χ1n) is 21.0. The maximum atomic E-state index is 11.2. The van der Waals surface area contributed by atoms with Crippen LogP contribution in [0.1, 0.15) is 119 Å². The number of fused-ring (bicyclic) bond motifs is 2. The molecule has 0 unspecified atom stereocenters. The van der Waals surface area contributed by atoms with Gasteiger partial charge in [-0.2, -0.15) is 14.7 Å². The van der Waals surface area contributed by atoms with Crippen molar-refractivity contribution in [1.29, 1.82) is 0 Å². The first-order chi connectivity index (χ1) is 26.5. The molecule has 3 nitrogen and oxygen atoms in total. The lowest BCUT2D eigenvalue weighted by Crippen LogP contribution is -2.15. The highest BCUT2D eigenvalue weighted by molar-refractivity contribution is 7.67. The summed E-state index contributed by atoms with van der Waals surface area (Å²) < 4.78 is 0. The standard InChI is InChI=1S/C51H62O3P/c1-8-14-35-26-38(16-10-3)45-32-47(40(18-12-5)30-42(45)28-35)44-24-25-49(55(52,53)54)50(37-22-20-34(7)21-23-37)51(44)48-33-46-39(17-11-4)27-36(15-9-2)29-43(46)31-41(48)19-13-6/h20-33,52-54H,8-19H2,1-7H3/q+1. The molecular formula is C51H62O3P+. The van der Waals surface area contributed by atoms with Gasteiger partial charge in [0.1, 0.15) is 0 Å². The lowest BCUT2D eigenvalue weighted by atomic mass is 9.81. The molecule has 0 spiro atoms. The molecule has 0 aliphatic heterocycles. The molecule has 0 saturated heterocycles. The van der Waals surface area contributed by atoms with Crippen molar-refractivity contribution in [3.05, 3.63) is 124 Å². The second kappa shape index (κ2) is 18.0. The fourth-order valence-electron chi connectivity index (χ4n) is 8.82. The van der Waals surface area contributed by atoms with E-state index in [1.165, 1.54) is 60.5 Å². The Labute approximate surface area is 331 Å². The summed E-state index contributed by atoms with van der Waals surface area (Å²) in [7, 11) is -4.45. The molecule has 0 bridgehead atoms. The Balaban J connectivity index is 1.82. The normalized spacial score (nSPS) is 12.0. The van der Waals surface area contributed by atoms with Crippen LogP contribution in [-0.4, -0.2) is 14.7 Å². The maximum Gasteiger partial charge on any atom is 0.441 e. The molecule has 0 saturated carbocycles. The predicted molar refractivity (Wildman–Crippen MR) is 240 cm³/mol. The molecule has 0 radical (unpaired) electrons. The fraction of sp³-hybridized carbons (Fsp3) is 0.373. The van der Waals surface area contributed by atoms with Gasteiger partial charge in [0.2, 0.25) is 0 Å². The molecule has 288 valence electrons. The molecule has 6 aromatic rings. The van der Waals surface area contributed by atoms with Crippen LogP contribution in [0.4, 0.5) is 0 Å². The van der Waals surface area contributed by atoms with Crippen molar-refractivity contribution >= 4 is 34.8 Å². The molecule has 55 heavy (non-hydrogen) atoms. The van der Waals surface area contributed by atoms with Gasteiger partial charge in [-0.15, -0.1) is 0 Å². The highest BCUT2D eigenvalue weighted by Gasteiger charge is 2.40. The predicted octanol–water partition coefficient (Wildman–Crippen LogP) is 13.4. The fourth-order valence-corrected chi connectivity index (χ4v) is 9.64. The van der Waals surface area contributed by atoms with E-state index in [4.69, 9.17) is 0 Å². The Morgan fingerprint density at radius 2 is 0.873 bits per heavy atom. The van der Waals surface area contributed by atoms with Crippen molar-refractivity contribution in [2.45, 2.75) is 126 Å². The highest BCUT2D eigenvalue weighted by Crippen LogP contribution is 2.52. The van der Waals surface area contributed by atoms with Crippen molar-refractivity contribution < 1.29 is 14.7 Å². The highest BCUT2D eigenvalue weighted by atomic mass is 31.2. The van der Waals surface area contributed by atoms with Crippen LogP contribution in [0, 0.1) is 6.92 Å². The number of hydrogen-bond acceptors (Lipinski definition) is 3. The molecule has 4 heteroatoms. The molecule has 0 aromatic heterocycles. The molecular weight excluding hydrogens is 692 g/mol. The average molecular weight is 754 g/mol. The zero-order valence-electron chi connectivity index (χ0n) is 34.4. The minimum Gasteiger partial charge on any atom is -0.189 e. The van der Waals surface area contributed by atoms with Gasteiger partial charge in [0.15, 0.2) is 5.30 Å². The second-order valence-electron chi connectivity index (χ2n) is 15.8. The summed E-state index contributed by atoms with van der Waals surface area (Å²) in [6.07, 6.45) is 12.2. The van der Waals surface area contributed by atoms with Gasteiger partial charge in [-0.3, -0.25) is 0 Å². The van der Waals surface area contributed by atoms with Gasteiger partial charge in [0.05, 0.1) is 0 Å². The van der Waals surface area contributed by atoms with Gasteiger partial charge < -0.3 is 0 Å². The monoisotopic (exact) mass is 753 g/mol. The number of aryl methyl sites for hydroxylation is 7. The van der Waals surface area contributed by atoms with Crippen LogP contribution in [0.5, 0.6) is 0 Å². The van der Waals surface area contributed by atoms with E-state index in [-0.39, 0.29) is 5.30 Å². The van der Waals surface area contributed by atoms with Crippen LogP contribution in [-0.2, 0) is 38.5 Å². The third kappa shape index (κ3) is 8.77. The molecule has 0 heterocycles. The second-order valence-corrected chi connectivity index (χ2v) is 17.4. The van der Waals surface area contributed by atoms with E-state index in [0.29, 0.717) is 5.56 Å². The lowest BCUT2D eigenvalue weighted by Gasteiger charge is -2.24. The van der Waals surface area contributed by atoms with Crippen LogP contribution < -0.4 is 5.30 Å². The Kier molecular flexibility index (Phi) is 13.3. The Bertz CT molecular complexity index is 2280.